The van der Waals surface area contributed by atoms with E-state index in [1.54, 1.807) is 13.1 Å². The lowest BCUT2D eigenvalue weighted by Gasteiger charge is -2.19. The van der Waals surface area contributed by atoms with E-state index in [9.17, 15) is 22.8 Å². The first-order chi connectivity index (χ1) is 15.7. The van der Waals surface area contributed by atoms with Crippen molar-refractivity contribution in [3.8, 4) is 6.07 Å². The number of nitrogens with zero attached hydrogens (tertiary/aromatic N) is 3. The molecule has 1 atom stereocenters. The van der Waals surface area contributed by atoms with Crippen molar-refractivity contribution in [3.05, 3.63) is 76.7 Å². The molecule has 4 aromatic rings. The number of nitrogens with one attached hydrogen (secondary N) is 3. The summed E-state index contributed by atoms with van der Waals surface area (Å²) in [4.78, 5) is 10.9. The van der Waals surface area contributed by atoms with Crippen LogP contribution in [0.4, 0.5) is 34.6 Å². The van der Waals surface area contributed by atoms with E-state index in [0.717, 1.165) is 18.3 Å². The molecule has 0 saturated carbocycles. The fourth-order valence-electron chi connectivity index (χ4n) is 3.37. The van der Waals surface area contributed by atoms with Gasteiger partial charge < -0.3 is 15.6 Å². The maximum absolute atomic E-state index is 13.9. The number of rotatable bonds is 5. The number of hydrogen-bond donors (Lipinski definition) is 3. The third kappa shape index (κ3) is 4.54. The van der Waals surface area contributed by atoms with E-state index in [1.807, 2.05) is 6.07 Å². The van der Waals surface area contributed by atoms with Gasteiger partial charge in [0.25, 0.3) is 0 Å². The van der Waals surface area contributed by atoms with Crippen LogP contribution < -0.4 is 10.6 Å². The number of hydrogen-bond acceptors (Lipinski definition) is 5. The summed E-state index contributed by atoms with van der Waals surface area (Å²) in [6.45, 7) is 1.74. The van der Waals surface area contributed by atoms with Gasteiger partial charge in [-0.05, 0) is 37.3 Å². The summed E-state index contributed by atoms with van der Waals surface area (Å²) in [6, 6.07) is 7.66. The van der Waals surface area contributed by atoms with Crippen molar-refractivity contribution >= 4 is 39.6 Å². The Morgan fingerprint density at radius 2 is 1.94 bits per heavy atom. The van der Waals surface area contributed by atoms with Gasteiger partial charge in [-0.1, -0.05) is 11.6 Å². The lowest BCUT2D eigenvalue weighted by atomic mass is 10.0. The number of aromatic amines is 1. The molecular weight excluding hydrogens is 460 g/mol. The van der Waals surface area contributed by atoms with Gasteiger partial charge in [0.2, 0.25) is 0 Å². The minimum Gasteiger partial charge on any atom is -0.375 e. The molecule has 0 aliphatic carbocycles. The molecule has 0 saturated heterocycles. The van der Waals surface area contributed by atoms with Gasteiger partial charge in [0.05, 0.1) is 33.4 Å². The van der Waals surface area contributed by atoms with Gasteiger partial charge in [0, 0.05) is 35.4 Å². The zero-order valence-corrected chi connectivity index (χ0v) is 17.7. The van der Waals surface area contributed by atoms with Crippen LogP contribution in [0.3, 0.4) is 0 Å². The highest BCUT2D eigenvalue weighted by molar-refractivity contribution is 6.31. The molecule has 0 aliphatic rings. The quantitative estimate of drug-likeness (QED) is 0.285. The monoisotopic (exact) mass is 474 g/mol. The van der Waals surface area contributed by atoms with E-state index in [1.165, 1.54) is 24.4 Å². The average molecular weight is 475 g/mol. The van der Waals surface area contributed by atoms with Crippen molar-refractivity contribution in [3.63, 3.8) is 0 Å². The molecule has 0 radical (unpaired) electrons. The highest BCUT2D eigenvalue weighted by Gasteiger charge is 2.35. The fourth-order valence-corrected chi connectivity index (χ4v) is 3.55. The second-order valence-corrected chi connectivity index (χ2v) is 7.58. The lowest BCUT2D eigenvalue weighted by Crippen LogP contribution is -2.12. The number of pyridine rings is 1. The molecule has 4 rings (SSSR count). The first-order valence-electron chi connectivity index (χ1n) is 9.59. The van der Waals surface area contributed by atoms with Crippen LogP contribution in [0.25, 0.3) is 10.9 Å². The van der Waals surface area contributed by atoms with Gasteiger partial charge in [0.1, 0.15) is 17.7 Å². The predicted molar refractivity (Wildman–Crippen MR) is 117 cm³/mol. The van der Waals surface area contributed by atoms with Crippen LogP contribution in [0.15, 0.2) is 48.9 Å². The van der Waals surface area contributed by atoms with Crippen LogP contribution in [-0.4, -0.2) is 15.0 Å². The lowest BCUT2D eigenvalue weighted by molar-refractivity contribution is -0.136. The van der Waals surface area contributed by atoms with Crippen LogP contribution in [0.1, 0.15) is 29.9 Å². The highest BCUT2D eigenvalue weighted by Crippen LogP contribution is 2.40. The predicted octanol–water partition coefficient (Wildman–Crippen LogP) is 6.56. The number of halogens is 5. The van der Waals surface area contributed by atoms with E-state index >= 15 is 0 Å². The summed E-state index contributed by atoms with van der Waals surface area (Å²) >= 11 is 5.83. The molecule has 0 bridgehead atoms. The number of H-pyrrole nitrogens is 1. The topological polar surface area (TPSA) is 89.4 Å². The molecule has 6 nitrogen and oxygen atoms in total. The molecule has 0 spiro atoms. The van der Waals surface area contributed by atoms with E-state index < -0.39 is 23.6 Å². The van der Waals surface area contributed by atoms with Crippen molar-refractivity contribution in [2.24, 2.45) is 0 Å². The van der Waals surface area contributed by atoms with E-state index in [0.29, 0.717) is 11.5 Å². The van der Waals surface area contributed by atoms with E-state index in [4.69, 9.17) is 11.6 Å². The standard InChI is InChI=1S/C22H15ClF4N6/c1-11(21-29-4-5-30-21)32-14-6-15-19(33-13-2-3-18(24)17(23)8-13)12(9-28)10-31-20(15)16(7-14)22(25,26)27/h2-8,10-11,32H,1H3,(H,29,30)(H,31,33). The van der Waals surface area contributed by atoms with Crippen LogP contribution in [0, 0.1) is 17.1 Å². The maximum Gasteiger partial charge on any atom is 0.418 e. The summed E-state index contributed by atoms with van der Waals surface area (Å²) in [6.07, 6.45) is -0.507. The molecule has 3 N–H and O–H groups in total. The fraction of sp³-hybridized carbons (Fsp3) is 0.136. The molecule has 33 heavy (non-hydrogen) atoms. The zero-order valence-electron chi connectivity index (χ0n) is 16.9. The first-order valence-corrected chi connectivity index (χ1v) is 9.97. The Hall–Kier alpha value is -3.84. The highest BCUT2D eigenvalue weighted by atomic mass is 35.5. The minimum absolute atomic E-state index is 0.00676. The largest absolute Gasteiger partial charge is 0.418 e. The summed E-state index contributed by atoms with van der Waals surface area (Å²) in [5.41, 5.74) is -0.776. The van der Waals surface area contributed by atoms with E-state index in [2.05, 4.69) is 25.6 Å². The molecule has 168 valence electrons. The summed E-state index contributed by atoms with van der Waals surface area (Å²) in [5, 5.41) is 15.3. The number of nitriles is 1. The van der Waals surface area contributed by atoms with Crippen LogP contribution in [0.5, 0.6) is 0 Å². The van der Waals surface area contributed by atoms with Crippen molar-refractivity contribution in [1.29, 1.82) is 5.26 Å². The molecule has 11 heteroatoms. The molecule has 0 aliphatic heterocycles. The van der Waals surface area contributed by atoms with Crippen molar-refractivity contribution in [2.75, 3.05) is 10.6 Å². The molecule has 1 unspecified atom stereocenters. The third-order valence-corrected chi connectivity index (χ3v) is 5.19. The normalized spacial score (nSPS) is 12.4. The number of benzene rings is 2. The second kappa shape index (κ2) is 8.60. The Kier molecular flexibility index (Phi) is 5.82. The van der Waals surface area contributed by atoms with Gasteiger partial charge in [0.15, 0.2) is 0 Å². The van der Waals surface area contributed by atoms with Gasteiger partial charge in [-0.2, -0.15) is 18.4 Å². The van der Waals surface area contributed by atoms with Gasteiger partial charge in [-0.15, -0.1) is 0 Å². The van der Waals surface area contributed by atoms with Gasteiger partial charge in [-0.25, -0.2) is 9.37 Å². The van der Waals surface area contributed by atoms with Gasteiger partial charge >= 0.3 is 6.18 Å². The van der Waals surface area contributed by atoms with Crippen molar-refractivity contribution in [2.45, 2.75) is 19.1 Å². The smallest absolute Gasteiger partial charge is 0.375 e. The number of imidazole rings is 1. The Labute approximate surface area is 190 Å². The Bertz CT molecular complexity index is 1360. The Balaban J connectivity index is 1.90. The zero-order chi connectivity index (χ0) is 23.8. The Morgan fingerprint density at radius 3 is 2.58 bits per heavy atom. The number of anilines is 3. The summed E-state index contributed by atoms with van der Waals surface area (Å²) in [7, 11) is 0. The average Bonchev–Trinajstić information content (AvgIpc) is 3.30. The third-order valence-electron chi connectivity index (χ3n) is 4.90. The SMILES string of the molecule is CC(Nc1cc(C(F)(F)F)c2ncc(C#N)c(Nc3ccc(F)c(Cl)c3)c2c1)c1ncc[nH]1. The Morgan fingerprint density at radius 1 is 1.15 bits per heavy atom. The first kappa shape index (κ1) is 22.4. The van der Waals surface area contributed by atoms with Crippen molar-refractivity contribution in [1.82, 2.24) is 15.0 Å². The summed E-state index contributed by atoms with van der Waals surface area (Å²) in [5.74, 6) is -0.119. The van der Waals surface area contributed by atoms with Crippen LogP contribution in [-0.2, 0) is 6.18 Å². The van der Waals surface area contributed by atoms with Crippen LogP contribution >= 0.6 is 11.6 Å². The number of fused-ring (bicyclic) bond motifs is 1. The maximum atomic E-state index is 13.9. The second-order valence-electron chi connectivity index (χ2n) is 7.17. The molecule has 0 amide bonds. The van der Waals surface area contributed by atoms with Gasteiger partial charge in [-0.3, -0.25) is 4.98 Å². The molecule has 2 heterocycles. The molecule has 2 aromatic heterocycles. The molecular formula is C22H15ClF4N6. The number of aromatic nitrogens is 3. The van der Waals surface area contributed by atoms with Crippen molar-refractivity contribution < 1.29 is 17.6 Å². The minimum atomic E-state index is -4.71. The molecule has 0 fully saturated rings. The molecule has 2 aromatic carbocycles. The number of alkyl halides is 3. The summed E-state index contributed by atoms with van der Waals surface area (Å²) < 4.78 is 55.3. The van der Waals surface area contributed by atoms with Crippen LogP contribution in [0.2, 0.25) is 5.02 Å². The van der Waals surface area contributed by atoms with E-state index in [-0.39, 0.29) is 32.9 Å².